The number of H-pyrrole nitrogens is 1. The van der Waals surface area contributed by atoms with Crippen LogP contribution in [0, 0.1) is 6.92 Å². The van der Waals surface area contributed by atoms with Gasteiger partial charge in [0.05, 0.1) is 10.6 Å². The van der Waals surface area contributed by atoms with Crippen molar-refractivity contribution in [2.24, 2.45) is 0 Å². The number of aromatic amines is 1. The van der Waals surface area contributed by atoms with E-state index >= 15 is 0 Å². The van der Waals surface area contributed by atoms with E-state index < -0.39 is 0 Å². The molecule has 1 heterocycles. The van der Waals surface area contributed by atoms with Crippen LogP contribution in [-0.2, 0) is 0 Å². The average Bonchev–Trinajstić information content (AvgIpc) is 2.76. The molecule has 0 radical (unpaired) electrons. The first-order valence-electron chi connectivity index (χ1n) is 6.15. The van der Waals surface area contributed by atoms with Gasteiger partial charge >= 0.3 is 0 Å². The SMILES string of the molecule is Cc1[nH]c2ccccc2c1C(=O)c1cc(Cl)ccc1Cl. The Hall–Kier alpha value is -1.77. The number of halogens is 2. The van der Waals surface area contributed by atoms with Gasteiger partial charge in [0.1, 0.15) is 0 Å². The molecule has 0 saturated carbocycles. The fourth-order valence-electron chi connectivity index (χ4n) is 2.38. The van der Waals surface area contributed by atoms with E-state index in [1.807, 2.05) is 31.2 Å². The summed E-state index contributed by atoms with van der Waals surface area (Å²) in [5, 5.41) is 1.80. The van der Waals surface area contributed by atoms with Gasteiger partial charge in [-0.3, -0.25) is 4.79 Å². The predicted molar refractivity (Wildman–Crippen MR) is 82.9 cm³/mol. The highest BCUT2D eigenvalue weighted by atomic mass is 35.5. The summed E-state index contributed by atoms with van der Waals surface area (Å²) in [6.07, 6.45) is 0. The van der Waals surface area contributed by atoms with Crippen LogP contribution < -0.4 is 0 Å². The lowest BCUT2D eigenvalue weighted by Crippen LogP contribution is -2.03. The summed E-state index contributed by atoms with van der Waals surface area (Å²) in [5.41, 5.74) is 2.83. The normalized spacial score (nSPS) is 10.9. The molecular formula is C16H11Cl2NO. The van der Waals surface area contributed by atoms with E-state index in [4.69, 9.17) is 23.2 Å². The third-order valence-corrected chi connectivity index (χ3v) is 3.86. The molecule has 0 aliphatic heterocycles. The maximum atomic E-state index is 12.8. The van der Waals surface area contributed by atoms with E-state index in [1.165, 1.54) is 0 Å². The van der Waals surface area contributed by atoms with Crippen molar-refractivity contribution in [3.05, 3.63) is 69.3 Å². The number of ketones is 1. The molecule has 0 unspecified atom stereocenters. The minimum Gasteiger partial charge on any atom is -0.358 e. The van der Waals surface area contributed by atoms with Crippen molar-refractivity contribution in [3.63, 3.8) is 0 Å². The highest BCUT2D eigenvalue weighted by molar-refractivity contribution is 6.37. The van der Waals surface area contributed by atoms with Gasteiger partial charge < -0.3 is 4.98 Å². The Balaban J connectivity index is 2.22. The Bertz CT molecular complexity index is 820. The molecular weight excluding hydrogens is 293 g/mol. The van der Waals surface area contributed by atoms with E-state index in [2.05, 4.69) is 4.98 Å². The fraction of sp³-hybridized carbons (Fsp3) is 0.0625. The van der Waals surface area contributed by atoms with Crippen molar-refractivity contribution in [3.8, 4) is 0 Å². The van der Waals surface area contributed by atoms with Crippen molar-refractivity contribution >= 4 is 39.9 Å². The number of aromatic nitrogens is 1. The molecule has 0 aliphatic rings. The number of carbonyl (C=O) groups is 1. The van der Waals surface area contributed by atoms with Crippen LogP contribution in [0.1, 0.15) is 21.6 Å². The summed E-state index contributed by atoms with van der Waals surface area (Å²) in [6, 6.07) is 12.6. The van der Waals surface area contributed by atoms with Gasteiger partial charge in [-0.2, -0.15) is 0 Å². The first-order chi connectivity index (χ1) is 9.58. The van der Waals surface area contributed by atoms with E-state index in [-0.39, 0.29) is 5.78 Å². The second-order valence-corrected chi connectivity index (χ2v) is 5.47. The molecule has 1 N–H and O–H groups in total. The molecule has 0 amide bonds. The molecule has 3 rings (SSSR count). The van der Waals surface area contributed by atoms with E-state index in [1.54, 1.807) is 18.2 Å². The van der Waals surface area contributed by atoms with Crippen LogP contribution in [0.2, 0.25) is 10.0 Å². The van der Waals surface area contributed by atoms with Crippen LogP contribution in [0.4, 0.5) is 0 Å². The van der Waals surface area contributed by atoms with Gasteiger partial charge in [-0.1, -0.05) is 41.4 Å². The number of aryl methyl sites for hydroxylation is 1. The highest BCUT2D eigenvalue weighted by Crippen LogP contribution is 2.28. The Labute approximate surface area is 126 Å². The van der Waals surface area contributed by atoms with Crippen LogP contribution in [-0.4, -0.2) is 10.8 Å². The number of fused-ring (bicyclic) bond motifs is 1. The molecule has 0 saturated heterocycles. The molecule has 0 fully saturated rings. The van der Waals surface area contributed by atoms with Crippen LogP contribution in [0.15, 0.2) is 42.5 Å². The van der Waals surface area contributed by atoms with Crippen molar-refractivity contribution in [2.45, 2.75) is 6.92 Å². The van der Waals surface area contributed by atoms with Crippen molar-refractivity contribution < 1.29 is 4.79 Å². The quantitative estimate of drug-likeness (QED) is 0.663. The lowest BCUT2D eigenvalue weighted by molar-refractivity contribution is 0.104. The minimum absolute atomic E-state index is 0.118. The third kappa shape index (κ3) is 2.11. The lowest BCUT2D eigenvalue weighted by Gasteiger charge is -2.04. The summed E-state index contributed by atoms with van der Waals surface area (Å²) in [6.45, 7) is 1.88. The molecule has 3 aromatic rings. The number of hydrogen-bond donors (Lipinski definition) is 1. The van der Waals surface area contributed by atoms with E-state index in [9.17, 15) is 4.79 Å². The van der Waals surface area contributed by atoms with Crippen molar-refractivity contribution in [1.82, 2.24) is 4.98 Å². The van der Waals surface area contributed by atoms with E-state index in [0.717, 1.165) is 16.6 Å². The number of benzene rings is 2. The number of hydrogen-bond acceptors (Lipinski definition) is 1. The monoisotopic (exact) mass is 303 g/mol. The molecule has 100 valence electrons. The van der Waals surface area contributed by atoms with Gasteiger partial charge in [-0.05, 0) is 31.2 Å². The van der Waals surface area contributed by atoms with Crippen LogP contribution in [0.5, 0.6) is 0 Å². The molecule has 0 bridgehead atoms. The van der Waals surface area contributed by atoms with Gasteiger partial charge in [0, 0.05) is 27.2 Å². The molecule has 2 nitrogen and oxygen atoms in total. The fourth-order valence-corrected chi connectivity index (χ4v) is 2.75. The largest absolute Gasteiger partial charge is 0.358 e. The summed E-state index contributed by atoms with van der Waals surface area (Å²) in [4.78, 5) is 16.0. The molecule has 20 heavy (non-hydrogen) atoms. The molecule has 0 atom stereocenters. The van der Waals surface area contributed by atoms with Crippen molar-refractivity contribution in [2.75, 3.05) is 0 Å². The second kappa shape index (κ2) is 4.97. The molecule has 0 spiro atoms. The number of carbonyl (C=O) groups excluding carboxylic acids is 1. The van der Waals surface area contributed by atoms with E-state index in [0.29, 0.717) is 21.2 Å². The van der Waals surface area contributed by atoms with Crippen LogP contribution in [0.25, 0.3) is 10.9 Å². The maximum absolute atomic E-state index is 12.8. The zero-order chi connectivity index (χ0) is 14.3. The van der Waals surface area contributed by atoms with Crippen molar-refractivity contribution in [1.29, 1.82) is 0 Å². The molecule has 1 aromatic heterocycles. The molecule has 4 heteroatoms. The van der Waals surface area contributed by atoms with Gasteiger partial charge in [0.2, 0.25) is 0 Å². The Morgan fingerprint density at radius 3 is 2.65 bits per heavy atom. The standard InChI is InChI=1S/C16H11Cl2NO/c1-9-15(11-4-2-3-5-14(11)19-9)16(20)12-8-10(17)6-7-13(12)18/h2-8,19H,1H3. The van der Waals surface area contributed by atoms with Gasteiger partial charge in [0.25, 0.3) is 0 Å². The van der Waals surface area contributed by atoms with Crippen LogP contribution in [0.3, 0.4) is 0 Å². The summed E-state index contributed by atoms with van der Waals surface area (Å²) < 4.78 is 0. The Morgan fingerprint density at radius 2 is 1.85 bits per heavy atom. The summed E-state index contributed by atoms with van der Waals surface area (Å²) in [7, 11) is 0. The van der Waals surface area contributed by atoms with Crippen LogP contribution >= 0.6 is 23.2 Å². The summed E-state index contributed by atoms with van der Waals surface area (Å²) >= 11 is 12.1. The third-order valence-electron chi connectivity index (χ3n) is 3.29. The van der Waals surface area contributed by atoms with Gasteiger partial charge in [-0.15, -0.1) is 0 Å². The highest BCUT2D eigenvalue weighted by Gasteiger charge is 2.19. The maximum Gasteiger partial charge on any atom is 0.196 e. The van der Waals surface area contributed by atoms with Gasteiger partial charge in [0.15, 0.2) is 5.78 Å². The second-order valence-electron chi connectivity index (χ2n) is 4.62. The zero-order valence-corrected chi connectivity index (χ0v) is 12.2. The number of nitrogens with one attached hydrogen (secondary N) is 1. The Kier molecular flexibility index (Phi) is 3.28. The lowest BCUT2D eigenvalue weighted by atomic mass is 10.0. The Morgan fingerprint density at radius 1 is 1.10 bits per heavy atom. The minimum atomic E-state index is -0.118. The number of rotatable bonds is 2. The average molecular weight is 304 g/mol. The number of para-hydroxylation sites is 1. The predicted octanol–water partition coefficient (Wildman–Crippen LogP) is 5.01. The van der Waals surface area contributed by atoms with Gasteiger partial charge in [-0.25, -0.2) is 0 Å². The molecule has 2 aromatic carbocycles. The smallest absolute Gasteiger partial charge is 0.196 e. The molecule has 0 aliphatic carbocycles. The first kappa shape index (κ1) is 13.2. The topological polar surface area (TPSA) is 32.9 Å². The zero-order valence-electron chi connectivity index (χ0n) is 10.7. The summed E-state index contributed by atoms with van der Waals surface area (Å²) in [5.74, 6) is -0.118. The first-order valence-corrected chi connectivity index (χ1v) is 6.90.